The van der Waals surface area contributed by atoms with Gasteiger partial charge in [0.1, 0.15) is 0 Å². The Balaban J connectivity index is 2.08. The van der Waals surface area contributed by atoms with Gasteiger partial charge < -0.3 is 10.0 Å². The predicted octanol–water partition coefficient (Wildman–Crippen LogP) is 2.72. The summed E-state index contributed by atoms with van der Waals surface area (Å²) in [5, 5.41) is 9.92. The fourth-order valence-electron chi connectivity index (χ4n) is 2.51. The Morgan fingerprint density at radius 1 is 1.12 bits per heavy atom. The summed E-state index contributed by atoms with van der Waals surface area (Å²) in [6, 6.07) is 8.49. The Labute approximate surface area is 104 Å². The van der Waals surface area contributed by atoms with E-state index < -0.39 is 5.60 Å². The molecule has 1 N–H and O–H groups in total. The molecule has 1 fully saturated rings. The van der Waals surface area contributed by atoms with Crippen LogP contribution in [-0.2, 0) is 5.60 Å². The van der Waals surface area contributed by atoms with Gasteiger partial charge in [0, 0.05) is 0 Å². The molecule has 1 heterocycles. The zero-order chi connectivity index (χ0) is 12.5. The zero-order valence-corrected chi connectivity index (χ0v) is 11.1. The minimum Gasteiger partial charge on any atom is -0.386 e. The molecule has 0 unspecified atom stereocenters. The Hall–Kier alpha value is -0.860. The van der Waals surface area contributed by atoms with Crippen molar-refractivity contribution in [2.75, 3.05) is 20.1 Å². The molecule has 0 atom stereocenters. The van der Waals surface area contributed by atoms with Crippen LogP contribution >= 0.6 is 0 Å². The van der Waals surface area contributed by atoms with E-state index in [4.69, 9.17) is 0 Å². The molecule has 1 saturated heterocycles. The predicted molar refractivity (Wildman–Crippen MR) is 71.2 cm³/mol. The molecule has 0 aromatic heterocycles. The number of aliphatic hydroxyl groups is 1. The molecule has 1 aromatic rings. The highest BCUT2D eigenvalue weighted by Crippen LogP contribution is 2.29. The van der Waals surface area contributed by atoms with Crippen molar-refractivity contribution in [1.82, 2.24) is 4.90 Å². The van der Waals surface area contributed by atoms with Crippen molar-refractivity contribution in [3.63, 3.8) is 0 Å². The van der Waals surface area contributed by atoms with Crippen LogP contribution in [0.15, 0.2) is 24.3 Å². The zero-order valence-electron chi connectivity index (χ0n) is 11.1. The largest absolute Gasteiger partial charge is 0.386 e. The Morgan fingerprint density at radius 2 is 1.65 bits per heavy atom. The van der Waals surface area contributed by atoms with E-state index >= 15 is 0 Å². The third-order valence-electron chi connectivity index (χ3n) is 3.81. The normalized spacial score (nSPS) is 19.5. The Bertz CT molecular complexity index is 356. The molecular weight excluding hydrogens is 210 g/mol. The maximum Gasteiger partial charge on any atom is 0.0840 e. The molecule has 0 radical (unpaired) electrons. The average molecular weight is 233 g/mol. The molecule has 2 heteroatoms. The van der Waals surface area contributed by atoms with Crippen LogP contribution in [-0.4, -0.2) is 30.1 Å². The maximum absolute atomic E-state index is 9.92. The van der Waals surface area contributed by atoms with Crippen molar-refractivity contribution in [1.29, 1.82) is 0 Å². The van der Waals surface area contributed by atoms with Gasteiger partial charge in [-0.1, -0.05) is 24.3 Å². The highest BCUT2D eigenvalue weighted by Gasteiger charge is 2.20. The van der Waals surface area contributed by atoms with Gasteiger partial charge in [-0.3, -0.25) is 0 Å². The number of hydrogen-bond donors (Lipinski definition) is 1. The first-order valence-electron chi connectivity index (χ1n) is 6.48. The van der Waals surface area contributed by atoms with Crippen molar-refractivity contribution in [3.8, 4) is 0 Å². The SMILES string of the molecule is CN1CCC(c2ccc(C(C)(C)O)cc2)CC1. The molecule has 0 spiro atoms. The monoisotopic (exact) mass is 233 g/mol. The van der Waals surface area contributed by atoms with Gasteiger partial charge in [-0.15, -0.1) is 0 Å². The van der Waals surface area contributed by atoms with Crippen molar-refractivity contribution >= 4 is 0 Å². The third-order valence-corrected chi connectivity index (χ3v) is 3.81. The van der Waals surface area contributed by atoms with Crippen LogP contribution in [0, 0.1) is 0 Å². The molecule has 0 amide bonds. The van der Waals surface area contributed by atoms with E-state index in [2.05, 4.69) is 36.2 Å². The number of rotatable bonds is 2. The lowest BCUT2D eigenvalue weighted by atomic mass is 9.87. The summed E-state index contributed by atoms with van der Waals surface area (Å²) in [6.45, 7) is 6.05. The first-order chi connectivity index (χ1) is 7.97. The lowest BCUT2D eigenvalue weighted by molar-refractivity contribution is 0.0786. The first-order valence-corrected chi connectivity index (χ1v) is 6.48. The number of nitrogens with zero attached hydrogens (tertiary/aromatic N) is 1. The topological polar surface area (TPSA) is 23.5 Å². The van der Waals surface area contributed by atoms with Gasteiger partial charge in [0.25, 0.3) is 0 Å². The lowest BCUT2D eigenvalue weighted by Gasteiger charge is -2.29. The van der Waals surface area contributed by atoms with Gasteiger partial charge in [-0.2, -0.15) is 0 Å². The van der Waals surface area contributed by atoms with E-state index in [0.717, 1.165) is 5.56 Å². The molecule has 0 bridgehead atoms. The van der Waals surface area contributed by atoms with E-state index in [1.54, 1.807) is 0 Å². The van der Waals surface area contributed by atoms with Crippen LogP contribution in [0.2, 0.25) is 0 Å². The van der Waals surface area contributed by atoms with Gasteiger partial charge in [0.2, 0.25) is 0 Å². The number of piperidine rings is 1. The fourth-order valence-corrected chi connectivity index (χ4v) is 2.51. The van der Waals surface area contributed by atoms with Gasteiger partial charge in [0.05, 0.1) is 5.60 Å². The lowest BCUT2D eigenvalue weighted by Crippen LogP contribution is -2.29. The molecule has 1 aliphatic rings. The molecule has 1 aliphatic heterocycles. The fraction of sp³-hybridized carbons (Fsp3) is 0.600. The van der Waals surface area contributed by atoms with Crippen LogP contribution in [0.4, 0.5) is 0 Å². The summed E-state index contributed by atoms with van der Waals surface area (Å²) in [7, 11) is 2.19. The van der Waals surface area contributed by atoms with Gasteiger partial charge >= 0.3 is 0 Å². The van der Waals surface area contributed by atoms with Crippen molar-refractivity contribution in [3.05, 3.63) is 35.4 Å². The summed E-state index contributed by atoms with van der Waals surface area (Å²) in [6.07, 6.45) is 2.50. The number of benzene rings is 1. The van der Waals surface area contributed by atoms with E-state index in [0.29, 0.717) is 5.92 Å². The first kappa shape index (κ1) is 12.6. The standard InChI is InChI=1S/C15H23NO/c1-15(2,17)14-6-4-12(5-7-14)13-8-10-16(3)11-9-13/h4-7,13,17H,8-11H2,1-3H3. The Kier molecular flexibility index (Phi) is 3.55. The van der Waals surface area contributed by atoms with Crippen LogP contribution < -0.4 is 0 Å². The second-order valence-corrected chi connectivity index (χ2v) is 5.76. The van der Waals surface area contributed by atoms with Crippen molar-refractivity contribution in [2.45, 2.75) is 38.2 Å². The van der Waals surface area contributed by atoms with Crippen LogP contribution in [0.5, 0.6) is 0 Å². The Morgan fingerprint density at radius 3 is 2.12 bits per heavy atom. The van der Waals surface area contributed by atoms with E-state index in [1.807, 2.05) is 13.8 Å². The van der Waals surface area contributed by atoms with Gasteiger partial charge in [-0.05, 0) is 63.9 Å². The maximum atomic E-state index is 9.92. The molecule has 1 aromatic carbocycles. The van der Waals surface area contributed by atoms with E-state index in [9.17, 15) is 5.11 Å². The highest BCUT2D eigenvalue weighted by molar-refractivity contribution is 5.28. The van der Waals surface area contributed by atoms with Crippen LogP contribution in [0.25, 0.3) is 0 Å². The third kappa shape index (κ3) is 3.08. The molecule has 17 heavy (non-hydrogen) atoms. The summed E-state index contributed by atoms with van der Waals surface area (Å²) in [5.41, 5.74) is 1.69. The summed E-state index contributed by atoms with van der Waals surface area (Å²) in [5.74, 6) is 0.696. The summed E-state index contributed by atoms with van der Waals surface area (Å²) in [4.78, 5) is 2.39. The quantitative estimate of drug-likeness (QED) is 0.849. The van der Waals surface area contributed by atoms with Crippen LogP contribution in [0.3, 0.4) is 0 Å². The highest BCUT2D eigenvalue weighted by atomic mass is 16.3. The number of hydrogen-bond acceptors (Lipinski definition) is 2. The molecule has 0 saturated carbocycles. The molecule has 2 nitrogen and oxygen atoms in total. The molecule has 0 aliphatic carbocycles. The van der Waals surface area contributed by atoms with Gasteiger partial charge in [0.15, 0.2) is 0 Å². The smallest absolute Gasteiger partial charge is 0.0840 e. The second-order valence-electron chi connectivity index (χ2n) is 5.76. The summed E-state index contributed by atoms with van der Waals surface area (Å²) >= 11 is 0. The average Bonchev–Trinajstić information content (AvgIpc) is 2.29. The minimum atomic E-state index is -0.731. The molecule has 94 valence electrons. The van der Waals surface area contributed by atoms with Crippen LogP contribution in [0.1, 0.15) is 43.7 Å². The molecule has 2 rings (SSSR count). The van der Waals surface area contributed by atoms with E-state index in [-0.39, 0.29) is 0 Å². The van der Waals surface area contributed by atoms with Gasteiger partial charge in [-0.25, -0.2) is 0 Å². The second kappa shape index (κ2) is 4.79. The summed E-state index contributed by atoms with van der Waals surface area (Å²) < 4.78 is 0. The number of likely N-dealkylation sites (tertiary alicyclic amines) is 1. The minimum absolute atomic E-state index is 0.696. The van der Waals surface area contributed by atoms with Crippen molar-refractivity contribution in [2.24, 2.45) is 0 Å². The van der Waals surface area contributed by atoms with E-state index in [1.165, 1.54) is 31.5 Å². The van der Waals surface area contributed by atoms with Crippen molar-refractivity contribution < 1.29 is 5.11 Å². The molecular formula is C15H23NO.